The molecule has 3 rings (SSSR count). The van der Waals surface area contributed by atoms with E-state index in [1.165, 1.54) is 43.1 Å². The monoisotopic (exact) mass is 417 g/mol. The molecule has 1 atom stereocenters. The van der Waals surface area contributed by atoms with Crippen LogP contribution in [-0.2, 0) is 0 Å². The van der Waals surface area contributed by atoms with Crippen molar-refractivity contribution in [1.29, 1.82) is 0 Å². The average Bonchev–Trinajstić information content (AvgIpc) is 3.12. The topological polar surface area (TPSA) is 37.1 Å². The number of hydrogen-bond donors (Lipinski definition) is 0. The third kappa shape index (κ3) is 3.77. The van der Waals surface area contributed by atoms with E-state index < -0.39 is 14.4 Å². The Hall–Kier alpha value is -2.73. The van der Waals surface area contributed by atoms with E-state index in [1.54, 1.807) is 18.6 Å². The van der Waals surface area contributed by atoms with Gasteiger partial charge in [0.2, 0.25) is 0 Å². The molecule has 0 amide bonds. The second-order valence-electron chi connectivity index (χ2n) is 6.63. The molecule has 2 heterocycles. The summed E-state index contributed by atoms with van der Waals surface area (Å²) in [4.78, 5) is 11.8. The van der Waals surface area contributed by atoms with Gasteiger partial charge in [-0.3, -0.25) is 15.0 Å². The van der Waals surface area contributed by atoms with Gasteiger partial charge in [0.1, 0.15) is 0 Å². The first kappa shape index (κ1) is 21.0. The molecule has 5 heteroatoms. The van der Waals surface area contributed by atoms with Crippen LogP contribution < -0.4 is 0 Å². The van der Waals surface area contributed by atoms with Crippen LogP contribution in [0.4, 0.5) is 0 Å². The van der Waals surface area contributed by atoms with Gasteiger partial charge in [0.25, 0.3) is 0 Å². The van der Waals surface area contributed by atoms with E-state index in [4.69, 9.17) is 0 Å². The standard InChI is InChI=1S/C24H25N3P2/c1-17-20(11-14-25-4)21(12-15-26-5)18(2)28(17)29-19(3)22(13-16-27-6)23-9-7-8-10-24(23)29/h7-16H,4-6H2,1-3H3/b14-11-,15-12-,16-13-. The normalized spacial score (nSPS) is 12.6. The fourth-order valence-electron chi connectivity index (χ4n) is 3.82. The van der Waals surface area contributed by atoms with Crippen LogP contribution in [0, 0.1) is 20.8 Å². The first-order valence-corrected chi connectivity index (χ1v) is 12.6. The highest BCUT2D eigenvalue weighted by atomic mass is 32.0. The van der Waals surface area contributed by atoms with Crippen LogP contribution in [0.5, 0.6) is 0 Å². The molecule has 0 N–H and O–H groups in total. The number of benzene rings is 1. The molecule has 0 radical (unpaired) electrons. The fourth-order valence-corrected chi connectivity index (χ4v) is 12.6. The van der Waals surface area contributed by atoms with Gasteiger partial charge in [-0.15, -0.1) is 0 Å². The van der Waals surface area contributed by atoms with Crippen molar-refractivity contribution >= 4 is 63.3 Å². The van der Waals surface area contributed by atoms with Crippen molar-refractivity contribution in [3.05, 3.63) is 75.4 Å². The zero-order chi connectivity index (χ0) is 21.0. The molecular formula is C24H25N3P2. The zero-order valence-electron chi connectivity index (χ0n) is 17.1. The van der Waals surface area contributed by atoms with Crippen molar-refractivity contribution in [3.8, 4) is 0 Å². The Balaban J connectivity index is 2.42. The lowest BCUT2D eigenvalue weighted by Gasteiger charge is -2.08. The molecule has 29 heavy (non-hydrogen) atoms. The SMILES string of the molecule is C=N/C=C\c1c(/C=C\N=C)c(C)p(-p2c(C)c(/C=C\N=C)c3ccccc32)c1C. The Kier molecular flexibility index (Phi) is 6.64. The lowest BCUT2D eigenvalue weighted by molar-refractivity contribution is 1.51. The Morgan fingerprint density at radius 3 is 1.62 bits per heavy atom. The van der Waals surface area contributed by atoms with Crippen molar-refractivity contribution in [2.75, 3.05) is 0 Å². The van der Waals surface area contributed by atoms with Crippen LogP contribution in [0.1, 0.15) is 32.6 Å². The molecule has 0 aliphatic rings. The molecule has 2 aromatic heterocycles. The van der Waals surface area contributed by atoms with Crippen LogP contribution >= 0.6 is 14.4 Å². The van der Waals surface area contributed by atoms with Crippen LogP contribution in [0.15, 0.2) is 57.8 Å². The van der Waals surface area contributed by atoms with E-state index in [2.05, 4.69) is 98.4 Å². The van der Waals surface area contributed by atoms with Crippen molar-refractivity contribution in [2.24, 2.45) is 15.0 Å². The molecule has 146 valence electrons. The summed E-state index contributed by atoms with van der Waals surface area (Å²) in [5.74, 6) is 0. The summed E-state index contributed by atoms with van der Waals surface area (Å²) in [6.07, 6.45) is 11.5. The van der Waals surface area contributed by atoms with Gasteiger partial charge in [0.15, 0.2) is 0 Å². The molecule has 0 aliphatic heterocycles. The summed E-state index contributed by atoms with van der Waals surface area (Å²) in [5.41, 5.74) is 3.74. The minimum atomic E-state index is -0.489. The molecule has 3 nitrogen and oxygen atoms in total. The minimum Gasteiger partial charge on any atom is -0.272 e. The minimum absolute atomic E-state index is 0.486. The molecule has 0 aliphatic carbocycles. The molecule has 0 saturated heterocycles. The molecule has 0 spiro atoms. The van der Waals surface area contributed by atoms with E-state index in [0.717, 1.165) is 0 Å². The fraction of sp³-hybridized carbons (Fsp3) is 0.125. The average molecular weight is 417 g/mol. The molecule has 0 saturated carbocycles. The molecule has 3 aromatic rings. The quantitative estimate of drug-likeness (QED) is 0.349. The van der Waals surface area contributed by atoms with Gasteiger partial charge < -0.3 is 0 Å². The number of aliphatic imine (C=N–C) groups is 3. The predicted octanol–water partition coefficient (Wildman–Crippen LogP) is 8.06. The van der Waals surface area contributed by atoms with Gasteiger partial charge >= 0.3 is 0 Å². The lowest BCUT2D eigenvalue weighted by Crippen LogP contribution is -1.77. The van der Waals surface area contributed by atoms with Gasteiger partial charge in [0.05, 0.1) is 0 Å². The molecular weight excluding hydrogens is 392 g/mol. The maximum Gasteiger partial charge on any atom is 0.0266 e. The second-order valence-corrected chi connectivity index (χ2v) is 12.8. The lowest BCUT2D eigenvalue weighted by atomic mass is 10.1. The summed E-state index contributed by atoms with van der Waals surface area (Å²) in [7, 11) is -0.975. The van der Waals surface area contributed by atoms with E-state index >= 15 is 0 Å². The van der Waals surface area contributed by atoms with Crippen molar-refractivity contribution in [2.45, 2.75) is 20.8 Å². The van der Waals surface area contributed by atoms with Gasteiger partial charge in [0, 0.05) is 23.7 Å². The number of hydrogen-bond acceptors (Lipinski definition) is 3. The van der Waals surface area contributed by atoms with Crippen LogP contribution in [0.3, 0.4) is 0 Å². The van der Waals surface area contributed by atoms with Crippen LogP contribution in [-0.4, -0.2) is 20.2 Å². The summed E-state index contributed by atoms with van der Waals surface area (Å²) in [6.45, 7) is 17.6. The second kappa shape index (κ2) is 9.18. The molecule has 0 bridgehead atoms. The highest BCUT2D eigenvalue weighted by Gasteiger charge is 2.22. The smallest absolute Gasteiger partial charge is 0.0266 e. The van der Waals surface area contributed by atoms with Gasteiger partial charge in [-0.1, -0.05) is 32.6 Å². The Morgan fingerprint density at radius 2 is 1.10 bits per heavy atom. The zero-order valence-corrected chi connectivity index (χ0v) is 18.9. The van der Waals surface area contributed by atoms with Crippen LogP contribution in [0.25, 0.3) is 28.7 Å². The highest BCUT2D eigenvalue weighted by molar-refractivity contribution is 8.24. The number of fused-ring (bicyclic) bond motifs is 1. The van der Waals surface area contributed by atoms with Crippen molar-refractivity contribution in [1.82, 2.24) is 0 Å². The van der Waals surface area contributed by atoms with E-state index in [1.807, 2.05) is 0 Å². The summed E-state index contributed by atoms with van der Waals surface area (Å²) in [6, 6.07) is 8.77. The van der Waals surface area contributed by atoms with Gasteiger partial charge in [-0.05, 0) is 103 Å². The summed E-state index contributed by atoms with van der Waals surface area (Å²) in [5, 5.41) is 7.07. The maximum absolute atomic E-state index is 3.93. The highest BCUT2D eigenvalue weighted by Crippen LogP contribution is 2.70. The summed E-state index contributed by atoms with van der Waals surface area (Å²) < 4.78 is 0. The molecule has 1 unspecified atom stereocenters. The van der Waals surface area contributed by atoms with E-state index in [0.29, 0.717) is 0 Å². The Labute approximate surface area is 174 Å². The Bertz CT molecular complexity index is 1150. The third-order valence-electron chi connectivity index (χ3n) is 5.07. The van der Waals surface area contributed by atoms with E-state index in [9.17, 15) is 0 Å². The first-order chi connectivity index (χ1) is 14.1. The predicted molar refractivity (Wildman–Crippen MR) is 137 cm³/mol. The first-order valence-electron chi connectivity index (χ1n) is 9.26. The number of rotatable bonds is 7. The van der Waals surface area contributed by atoms with Crippen LogP contribution in [0.2, 0.25) is 0 Å². The van der Waals surface area contributed by atoms with E-state index in [-0.39, 0.29) is 0 Å². The van der Waals surface area contributed by atoms with Crippen molar-refractivity contribution < 1.29 is 0 Å². The Morgan fingerprint density at radius 1 is 0.655 bits per heavy atom. The van der Waals surface area contributed by atoms with Gasteiger partial charge in [-0.25, -0.2) is 0 Å². The van der Waals surface area contributed by atoms with Gasteiger partial charge in [-0.2, -0.15) is 0 Å². The van der Waals surface area contributed by atoms with Crippen molar-refractivity contribution in [3.63, 3.8) is 0 Å². The summed E-state index contributed by atoms with van der Waals surface area (Å²) >= 11 is 0. The third-order valence-corrected chi connectivity index (χ3v) is 13.5. The number of nitrogens with zero attached hydrogens (tertiary/aromatic N) is 3. The molecule has 1 aromatic carbocycles. The largest absolute Gasteiger partial charge is 0.272 e. The molecule has 0 fully saturated rings. The maximum atomic E-state index is 3.93.